The molecule has 0 amide bonds. The fraction of sp³-hybridized carbons (Fsp3) is 1.00. The minimum atomic E-state index is -0.00983. The first-order valence-electron chi connectivity index (χ1n) is 7.82. The Hall–Kier alpha value is -0.120. The molecule has 3 nitrogen and oxygen atoms in total. The molecule has 106 valence electrons. The number of likely N-dealkylation sites (tertiary alicyclic amines) is 1. The van der Waals surface area contributed by atoms with E-state index in [2.05, 4.69) is 24.1 Å². The second kappa shape index (κ2) is 6.88. The van der Waals surface area contributed by atoms with Crippen molar-refractivity contribution in [2.75, 3.05) is 26.2 Å². The summed E-state index contributed by atoms with van der Waals surface area (Å²) in [7, 11) is 0. The lowest BCUT2D eigenvalue weighted by Crippen LogP contribution is -2.45. The minimum Gasteiger partial charge on any atom is -0.393 e. The summed E-state index contributed by atoms with van der Waals surface area (Å²) in [6.45, 7) is 9.56. The molecule has 0 aromatic rings. The Morgan fingerprint density at radius 2 is 1.94 bits per heavy atom. The van der Waals surface area contributed by atoms with Crippen molar-refractivity contribution < 1.29 is 5.11 Å². The summed E-state index contributed by atoms with van der Waals surface area (Å²) in [5, 5.41) is 13.0. The number of aliphatic hydroxyl groups is 1. The predicted molar refractivity (Wildman–Crippen MR) is 75.7 cm³/mol. The molecule has 1 saturated carbocycles. The molecule has 1 aliphatic carbocycles. The molecule has 1 atom stereocenters. The van der Waals surface area contributed by atoms with Gasteiger partial charge in [-0.3, -0.25) is 0 Å². The highest BCUT2D eigenvalue weighted by Gasteiger charge is 2.28. The van der Waals surface area contributed by atoms with Crippen LogP contribution in [0.5, 0.6) is 0 Å². The second-order valence-electron chi connectivity index (χ2n) is 6.37. The Bertz CT molecular complexity index is 233. The number of piperidine rings is 1. The Morgan fingerprint density at radius 1 is 1.28 bits per heavy atom. The summed E-state index contributed by atoms with van der Waals surface area (Å²) in [6.07, 6.45) is 5.98. The van der Waals surface area contributed by atoms with E-state index >= 15 is 0 Å². The molecule has 3 heteroatoms. The zero-order valence-electron chi connectivity index (χ0n) is 12.1. The van der Waals surface area contributed by atoms with E-state index in [4.69, 9.17) is 0 Å². The third-order valence-corrected chi connectivity index (χ3v) is 4.82. The van der Waals surface area contributed by atoms with Gasteiger partial charge in [0.25, 0.3) is 0 Å². The van der Waals surface area contributed by atoms with Crippen LogP contribution in [0.4, 0.5) is 0 Å². The van der Waals surface area contributed by atoms with E-state index in [0.29, 0.717) is 6.04 Å². The van der Waals surface area contributed by atoms with Crippen molar-refractivity contribution in [2.45, 2.75) is 58.1 Å². The lowest BCUT2D eigenvalue weighted by Gasteiger charge is -2.37. The van der Waals surface area contributed by atoms with E-state index in [1.807, 2.05) is 0 Å². The highest BCUT2D eigenvalue weighted by atomic mass is 16.3. The maximum atomic E-state index is 9.28. The third-order valence-electron chi connectivity index (χ3n) is 4.82. The van der Waals surface area contributed by atoms with Crippen LogP contribution in [0.2, 0.25) is 0 Å². The van der Waals surface area contributed by atoms with Crippen LogP contribution in [0.15, 0.2) is 0 Å². The molecule has 1 saturated heterocycles. The summed E-state index contributed by atoms with van der Waals surface area (Å²) in [5.74, 6) is 1.57. The maximum absolute atomic E-state index is 9.28. The topological polar surface area (TPSA) is 35.5 Å². The molecule has 2 rings (SSSR count). The molecular formula is C15H30N2O. The van der Waals surface area contributed by atoms with Gasteiger partial charge < -0.3 is 15.3 Å². The third kappa shape index (κ3) is 3.94. The van der Waals surface area contributed by atoms with Crippen molar-refractivity contribution in [3.05, 3.63) is 0 Å². The fourth-order valence-corrected chi connectivity index (χ4v) is 3.38. The quantitative estimate of drug-likeness (QED) is 0.759. The van der Waals surface area contributed by atoms with Gasteiger partial charge in [-0.05, 0) is 77.0 Å². The van der Waals surface area contributed by atoms with E-state index < -0.39 is 0 Å². The number of hydrogen-bond donors (Lipinski definition) is 2. The zero-order valence-corrected chi connectivity index (χ0v) is 12.1. The summed E-state index contributed by atoms with van der Waals surface area (Å²) in [4.78, 5) is 2.60. The first-order chi connectivity index (χ1) is 8.69. The molecule has 18 heavy (non-hydrogen) atoms. The highest BCUT2D eigenvalue weighted by molar-refractivity contribution is 4.84. The van der Waals surface area contributed by atoms with Crippen molar-refractivity contribution >= 4 is 0 Å². The SMILES string of the molecule is CCCN1CCC(C(C)NCC2CC(O)C2)CC1. The molecule has 2 fully saturated rings. The molecule has 0 radical (unpaired) electrons. The lowest BCUT2D eigenvalue weighted by molar-refractivity contribution is 0.0402. The smallest absolute Gasteiger partial charge is 0.0546 e. The van der Waals surface area contributed by atoms with Gasteiger partial charge >= 0.3 is 0 Å². The zero-order chi connectivity index (χ0) is 13.0. The van der Waals surface area contributed by atoms with E-state index in [1.54, 1.807) is 0 Å². The Kier molecular flexibility index (Phi) is 5.46. The van der Waals surface area contributed by atoms with Gasteiger partial charge in [0.15, 0.2) is 0 Å². The van der Waals surface area contributed by atoms with Gasteiger partial charge in [0.1, 0.15) is 0 Å². The van der Waals surface area contributed by atoms with Crippen LogP contribution in [-0.2, 0) is 0 Å². The molecule has 1 unspecified atom stereocenters. The summed E-state index contributed by atoms with van der Waals surface area (Å²) >= 11 is 0. The van der Waals surface area contributed by atoms with Crippen molar-refractivity contribution in [1.29, 1.82) is 0 Å². The normalized spacial score (nSPS) is 32.2. The van der Waals surface area contributed by atoms with Gasteiger partial charge in [0.05, 0.1) is 6.10 Å². The Balaban J connectivity index is 1.60. The van der Waals surface area contributed by atoms with Gasteiger partial charge in [0.2, 0.25) is 0 Å². The largest absolute Gasteiger partial charge is 0.393 e. The van der Waals surface area contributed by atoms with Crippen LogP contribution in [0.1, 0.15) is 46.0 Å². The van der Waals surface area contributed by atoms with Crippen LogP contribution < -0.4 is 5.32 Å². The first-order valence-corrected chi connectivity index (χ1v) is 7.82. The summed E-state index contributed by atoms with van der Waals surface area (Å²) < 4.78 is 0. The molecule has 0 spiro atoms. The van der Waals surface area contributed by atoms with E-state index in [0.717, 1.165) is 31.2 Å². The van der Waals surface area contributed by atoms with Crippen molar-refractivity contribution in [3.8, 4) is 0 Å². The number of aliphatic hydroxyl groups excluding tert-OH is 1. The average Bonchev–Trinajstić information content (AvgIpc) is 2.34. The fourth-order valence-electron chi connectivity index (χ4n) is 3.38. The van der Waals surface area contributed by atoms with Gasteiger partial charge in [-0.2, -0.15) is 0 Å². The summed E-state index contributed by atoms with van der Waals surface area (Å²) in [6, 6.07) is 0.645. The van der Waals surface area contributed by atoms with Gasteiger partial charge in [-0.25, -0.2) is 0 Å². The summed E-state index contributed by atoms with van der Waals surface area (Å²) in [5.41, 5.74) is 0. The molecule has 2 aliphatic rings. The molecular weight excluding hydrogens is 224 g/mol. The van der Waals surface area contributed by atoms with Gasteiger partial charge in [-0.1, -0.05) is 6.92 Å². The van der Waals surface area contributed by atoms with E-state index in [-0.39, 0.29) is 6.10 Å². The maximum Gasteiger partial charge on any atom is 0.0546 e. The molecule has 1 aliphatic heterocycles. The number of rotatable bonds is 6. The Morgan fingerprint density at radius 3 is 2.50 bits per heavy atom. The van der Waals surface area contributed by atoms with Crippen LogP contribution in [0, 0.1) is 11.8 Å². The van der Waals surface area contributed by atoms with Crippen molar-refractivity contribution in [2.24, 2.45) is 11.8 Å². The van der Waals surface area contributed by atoms with Crippen LogP contribution in [0.3, 0.4) is 0 Å². The van der Waals surface area contributed by atoms with Crippen LogP contribution in [-0.4, -0.2) is 48.3 Å². The molecule has 2 N–H and O–H groups in total. The minimum absolute atomic E-state index is 0.00983. The van der Waals surface area contributed by atoms with Crippen molar-refractivity contribution in [3.63, 3.8) is 0 Å². The predicted octanol–water partition coefficient (Wildman–Crippen LogP) is 1.86. The molecule has 1 heterocycles. The van der Waals surface area contributed by atoms with Gasteiger partial charge in [0, 0.05) is 6.04 Å². The number of nitrogens with one attached hydrogen (secondary N) is 1. The second-order valence-corrected chi connectivity index (χ2v) is 6.37. The van der Waals surface area contributed by atoms with E-state index in [1.165, 1.54) is 38.9 Å². The lowest BCUT2D eigenvalue weighted by atomic mass is 9.82. The molecule has 0 aromatic heterocycles. The molecule has 0 bridgehead atoms. The van der Waals surface area contributed by atoms with Crippen LogP contribution >= 0.6 is 0 Å². The molecule has 0 aromatic carbocycles. The average molecular weight is 254 g/mol. The monoisotopic (exact) mass is 254 g/mol. The number of nitrogens with zero attached hydrogens (tertiary/aromatic N) is 1. The Labute approximate surface area is 112 Å². The highest BCUT2D eigenvalue weighted by Crippen LogP contribution is 2.27. The van der Waals surface area contributed by atoms with Gasteiger partial charge in [-0.15, -0.1) is 0 Å². The standard InChI is InChI=1S/C15H30N2O/c1-3-6-17-7-4-14(5-8-17)12(2)16-11-13-9-15(18)10-13/h12-16,18H,3-11H2,1-2H3. The van der Waals surface area contributed by atoms with E-state index in [9.17, 15) is 5.11 Å². The van der Waals surface area contributed by atoms with Crippen LogP contribution in [0.25, 0.3) is 0 Å². The first kappa shape index (κ1) is 14.3. The van der Waals surface area contributed by atoms with Crippen molar-refractivity contribution in [1.82, 2.24) is 10.2 Å². The number of hydrogen-bond acceptors (Lipinski definition) is 3.